The van der Waals surface area contributed by atoms with E-state index in [4.69, 9.17) is 4.74 Å². The minimum Gasteiger partial charge on any atom is -0.495 e. The molecular formula is C30H38N2O2. The van der Waals surface area contributed by atoms with Crippen LogP contribution in [0.5, 0.6) is 5.75 Å². The molecule has 4 nitrogen and oxygen atoms in total. The number of nitrogens with one attached hydrogen (secondary N) is 1. The molecule has 0 radical (unpaired) electrons. The Morgan fingerprint density at radius 3 is 2.09 bits per heavy atom. The molecule has 0 bridgehead atoms. The molecule has 3 aromatic carbocycles. The number of nitrogens with zero attached hydrogens (tertiary/aromatic N) is 1. The zero-order chi connectivity index (χ0) is 24.1. The lowest BCUT2D eigenvalue weighted by atomic mass is 9.79. The summed E-state index contributed by atoms with van der Waals surface area (Å²) in [6.07, 6.45) is 0.765. The Morgan fingerprint density at radius 1 is 0.941 bits per heavy atom. The van der Waals surface area contributed by atoms with Crippen LogP contribution in [0.15, 0.2) is 78.9 Å². The third-order valence-electron chi connectivity index (χ3n) is 7.34. The van der Waals surface area contributed by atoms with E-state index in [1.807, 2.05) is 0 Å². The number of aliphatic hydroxyl groups is 1. The number of benzene rings is 3. The van der Waals surface area contributed by atoms with Crippen molar-refractivity contribution in [2.75, 3.05) is 32.2 Å². The fourth-order valence-corrected chi connectivity index (χ4v) is 5.56. The van der Waals surface area contributed by atoms with Gasteiger partial charge in [-0.1, -0.05) is 80.6 Å². The molecular weight excluding hydrogens is 420 g/mol. The Bertz CT molecular complexity index is 999. The lowest BCUT2D eigenvalue weighted by Gasteiger charge is -2.39. The highest BCUT2D eigenvalue weighted by Gasteiger charge is 2.43. The van der Waals surface area contributed by atoms with Crippen molar-refractivity contribution >= 4 is 5.69 Å². The van der Waals surface area contributed by atoms with E-state index < -0.39 is 0 Å². The van der Waals surface area contributed by atoms with E-state index in [0.717, 1.165) is 24.4 Å². The number of methoxy groups -OCH3 is 1. The van der Waals surface area contributed by atoms with Crippen molar-refractivity contribution in [2.45, 2.75) is 44.2 Å². The fraction of sp³-hybridized carbons (Fsp3) is 0.400. The van der Waals surface area contributed by atoms with E-state index in [-0.39, 0.29) is 24.6 Å². The van der Waals surface area contributed by atoms with Gasteiger partial charge in [-0.3, -0.25) is 0 Å². The van der Waals surface area contributed by atoms with Gasteiger partial charge in [0.1, 0.15) is 5.75 Å². The minimum atomic E-state index is 0.179. The van der Waals surface area contributed by atoms with Crippen LogP contribution in [0.1, 0.15) is 48.8 Å². The second-order valence-corrected chi connectivity index (χ2v) is 9.69. The van der Waals surface area contributed by atoms with Crippen LogP contribution in [0.2, 0.25) is 0 Å². The normalized spacial score (nSPS) is 20.1. The Morgan fingerprint density at radius 2 is 1.56 bits per heavy atom. The molecule has 180 valence electrons. The lowest BCUT2D eigenvalue weighted by Crippen LogP contribution is -2.48. The summed E-state index contributed by atoms with van der Waals surface area (Å²) in [5.41, 5.74) is 5.01. The Labute approximate surface area is 204 Å². The van der Waals surface area contributed by atoms with Gasteiger partial charge in [0.15, 0.2) is 0 Å². The maximum Gasteiger partial charge on any atom is 0.142 e. The number of hydrogen-bond acceptors (Lipinski definition) is 4. The second kappa shape index (κ2) is 11.1. The van der Waals surface area contributed by atoms with Crippen LogP contribution in [0.25, 0.3) is 0 Å². The molecule has 0 saturated carbocycles. The van der Waals surface area contributed by atoms with Crippen LogP contribution in [0.3, 0.4) is 0 Å². The van der Waals surface area contributed by atoms with Crippen LogP contribution < -0.4 is 15.0 Å². The van der Waals surface area contributed by atoms with E-state index in [9.17, 15) is 5.11 Å². The standard InChI is InChI=1S/C30H38N2O2/c1-21(2)24-15-16-27(34-4)26(19-24)32(3)30-25(17-18-33)20-31-29(30)28(22-11-7-5-8-12-22)23-13-9-6-10-14-23/h5-16,19,21,25,28-31,33H,17-18,20H2,1-4H3. The van der Waals surface area contributed by atoms with Crippen molar-refractivity contribution in [1.82, 2.24) is 5.32 Å². The molecule has 1 fully saturated rings. The average molecular weight is 459 g/mol. The fourth-order valence-electron chi connectivity index (χ4n) is 5.56. The first kappa shape index (κ1) is 24.3. The molecule has 0 aromatic heterocycles. The number of rotatable bonds is 9. The van der Waals surface area contributed by atoms with Gasteiger partial charge in [0.25, 0.3) is 0 Å². The molecule has 4 rings (SSSR count). The predicted octanol–water partition coefficient (Wildman–Crippen LogP) is 5.43. The monoisotopic (exact) mass is 458 g/mol. The van der Waals surface area contributed by atoms with Crippen molar-refractivity contribution in [2.24, 2.45) is 5.92 Å². The van der Waals surface area contributed by atoms with E-state index in [0.29, 0.717) is 11.8 Å². The summed E-state index contributed by atoms with van der Waals surface area (Å²) in [5.74, 6) is 1.83. The molecule has 3 aromatic rings. The van der Waals surface area contributed by atoms with Crippen molar-refractivity contribution in [1.29, 1.82) is 0 Å². The maximum atomic E-state index is 9.90. The molecule has 4 heteroatoms. The molecule has 3 atom stereocenters. The van der Waals surface area contributed by atoms with Crippen LogP contribution >= 0.6 is 0 Å². The summed E-state index contributed by atoms with van der Waals surface area (Å²) < 4.78 is 5.81. The lowest BCUT2D eigenvalue weighted by molar-refractivity contribution is 0.251. The number of likely N-dealkylation sites (N-methyl/N-ethyl adjacent to an activating group) is 1. The Kier molecular flexibility index (Phi) is 7.91. The smallest absolute Gasteiger partial charge is 0.142 e. The molecule has 1 aliphatic rings. The highest BCUT2D eigenvalue weighted by atomic mass is 16.5. The summed E-state index contributed by atoms with van der Waals surface area (Å²) in [6, 6.07) is 28.5. The first-order valence-corrected chi connectivity index (χ1v) is 12.4. The largest absolute Gasteiger partial charge is 0.495 e. The van der Waals surface area contributed by atoms with E-state index in [1.54, 1.807) is 7.11 Å². The highest BCUT2D eigenvalue weighted by molar-refractivity contribution is 5.61. The van der Waals surface area contributed by atoms with Crippen molar-refractivity contribution in [3.8, 4) is 5.75 Å². The first-order valence-electron chi connectivity index (χ1n) is 12.4. The zero-order valence-electron chi connectivity index (χ0n) is 20.8. The summed E-state index contributed by atoms with van der Waals surface area (Å²) in [7, 11) is 3.93. The molecule has 2 N–H and O–H groups in total. The third-order valence-corrected chi connectivity index (χ3v) is 7.34. The summed E-state index contributed by atoms with van der Waals surface area (Å²) in [5, 5.41) is 13.8. The van der Waals surface area contributed by atoms with Crippen molar-refractivity contribution in [3.63, 3.8) is 0 Å². The molecule has 1 aliphatic heterocycles. The van der Waals surface area contributed by atoms with E-state index in [1.165, 1.54) is 16.7 Å². The number of aliphatic hydroxyl groups excluding tert-OH is 1. The SMILES string of the molecule is COc1ccc(C(C)C)cc1N(C)C1C(CCO)CNC1C(c1ccccc1)c1ccccc1. The van der Waals surface area contributed by atoms with Gasteiger partial charge in [0.2, 0.25) is 0 Å². The number of hydrogen-bond donors (Lipinski definition) is 2. The van der Waals surface area contributed by atoms with Gasteiger partial charge in [-0.2, -0.15) is 0 Å². The third kappa shape index (κ3) is 4.98. The number of anilines is 1. The predicted molar refractivity (Wildman–Crippen MR) is 141 cm³/mol. The zero-order valence-corrected chi connectivity index (χ0v) is 20.8. The highest BCUT2D eigenvalue weighted by Crippen LogP contribution is 2.41. The van der Waals surface area contributed by atoms with Gasteiger partial charge in [0, 0.05) is 38.2 Å². The van der Waals surface area contributed by atoms with Crippen molar-refractivity contribution < 1.29 is 9.84 Å². The number of ether oxygens (including phenoxy) is 1. The molecule has 1 heterocycles. The van der Waals surface area contributed by atoms with Crippen LogP contribution in [0, 0.1) is 5.92 Å². The second-order valence-electron chi connectivity index (χ2n) is 9.69. The van der Waals surface area contributed by atoms with Crippen LogP contribution in [-0.4, -0.2) is 44.5 Å². The van der Waals surface area contributed by atoms with Gasteiger partial charge in [-0.15, -0.1) is 0 Å². The van der Waals surface area contributed by atoms with Crippen molar-refractivity contribution in [3.05, 3.63) is 95.6 Å². The molecule has 3 unspecified atom stereocenters. The van der Waals surface area contributed by atoms with Crippen LogP contribution in [-0.2, 0) is 0 Å². The van der Waals surface area contributed by atoms with Gasteiger partial charge in [-0.05, 0) is 47.1 Å². The molecule has 0 amide bonds. The summed E-state index contributed by atoms with van der Waals surface area (Å²) >= 11 is 0. The minimum absolute atomic E-state index is 0.179. The summed E-state index contributed by atoms with van der Waals surface area (Å²) in [6.45, 7) is 5.51. The Hall–Kier alpha value is -2.82. The molecule has 0 aliphatic carbocycles. The maximum absolute atomic E-state index is 9.90. The van der Waals surface area contributed by atoms with Gasteiger partial charge in [0.05, 0.1) is 12.8 Å². The first-order chi connectivity index (χ1) is 16.5. The van der Waals surface area contributed by atoms with E-state index >= 15 is 0 Å². The molecule has 0 spiro atoms. The van der Waals surface area contributed by atoms with Gasteiger partial charge >= 0.3 is 0 Å². The quantitative estimate of drug-likeness (QED) is 0.449. The van der Waals surface area contributed by atoms with E-state index in [2.05, 4.69) is 110 Å². The van der Waals surface area contributed by atoms with Gasteiger partial charge in [-0.25, -0.2) is 0 Å². The average Bonchev–Trinajstić information content (AvgIpc) is 3.27. The molecule has 34 heavy (non-hydrogen) atoms. The molecule has 1 saturated heterocycles. The van der Waals surface area contributed by atoms with Crippen LogP contribution in [0.4, 0.5) is 5.69 Å². The van der Waals surface area contributed by atoms with Gasteiger partial charge < -0.3 is 20.1 Å². The Balaban J connectivity index is 1.80. The topological polar surface area (TPSA) is 44.7 Å². The summed E-state index contributed by atoms with van der Waals surface area (Å²) in [4.78, 5) is 2.40.